The number of thioether (sulfide) groups is 1. The second-order valence-electron chi connectivity index (χ2n) is 8.52. The minimum atomic E-state index is -3.60. The van der Waals surface area contributed by atoms with Gasteiger partial charge in [0.25, 0.3) is 5.91 Å². The predicted octanol–water partition coefficient (Wildman–Crippen LogP) is 5.04. The van der Waals surface area contributed by atoms with Crippen LogP contribution in [0.4, 0.5) is 5.13 Å². The minimum absolute atomic E-state index is 0.195. The van der Waals surface area contributed by atoms with Gasteiger partial charge >= 0.3 is 0 Å². The number of nitrogens with zero attached hydrogens (tertiary/aromatic N) is 4. The van der Waals surface area contributed by atoms with E-state index < -0.39 is 10.0 Å². The van der Waals surface area contributed by atoms with Gasteiger partial charge < -0.3 is 4.90 Å². The van der Waals surface area contributed by atoms with E-state index in [1.165, 1.54) is 27.8 Å². The Labute approximate surface area is 217 Å². The molecule has 1 aromatic heterocycles. The van der Waals surface area contributed by atoms with Crippen LogP contribution in [0.1, 0.15) is 37.0 Å². The molecule has 0 atom stereocenters. The SMILES string of the molecule is CCCN(CCC)S(=O)(=O)c1ccc(C(=O)N(CCN(C)C)c2nc3ccc(SC)cc3s2)cc1. The van der Waals surface area contributed by atoms with Gasteiger partial charge in [-0.25, -0.2) is 13.4 Å². The van der Waals surface area contributed by atoms with Gasteiger partial charge in [-0.1, -0.05) is 25.2 Å². The lowest BCUT2D eigenvalue weighted by atomic mass is 10.2. The Morgan fingerprint density at radius 3 is 2.20 bits per heavy atom. The summed E-state index contributed by atoms with van der Waals surface area (Å²) in [5, 5.41) is 0.638. The Hall–Kier alpha value is -1.98. The number of rotatable bonds is 12. The fourth-order valence-corrected chi connectivity index (χ4v) is 6.81. The van der Waals surface area contributed by atoms with Crippen molar-refractivity contribution >= 4 is 54.4 Å². The summed E-state index contributed by atoms with van der Waals surface area (Å²) in [4.78, 5) is 23.4. The van der Waals surface area contributed by atoms with E-state index in [4.69, 9.17) is 4.98 Å². The molecule has 0 unspecified atom stereocenters. The molecule has 3 rings (SSSR count). The van der Waals surface area contributed by atoms with Crippen LogP contribution in [-0.2, 0) is 10.0 Å². The van der Waals surface area contributed by atoms with Crippen molar-refractivity contribution in [3.05, 3.63) is 48.0 Å². The molecule has 0 bridgehead atoms. The van der Waals surface area contributed by atoms with Crippen LogP contribution in [0.25, 0.3) is 10.2 Å². The lowest BCUT2D eigenvalue weighted by Crippen LogP contribution is -2.36. The largest absolute Gasteiger partial charge is 0.308 e. The number of amides is 1. The molecule has 0 N–H and O–H groups in total. The van der Waals surface area contributed by atoms with Gasteiger partial charge in [-0.3, -0.25) is 9.69 Å². The summed E-state index contributed by atoms with van der Waals surface area (Å²) in [6.45, 7) is 6.03. The van der Waals surface area contributed by atoms with Crippen LogP contribution in [-0.4, -0.2) is 75.0 Å². The first-order valence-electron chi connectivity index (χ1n) is 11.7. The molecule has 0 aliphatic rings. The fourth-order valence-electron chi connectivity index (χ4n) is 3.64. The van der Waals surface area contributed by atoms with Crippen molar-refractivity contribution in [1.82, 2.24) is 14.2 Å². The van der Waals surface area contributed by atoms with Crippen molar-refractivity contribution in [2.45, 2.75) is 36.5 Å². The number of hydrogen-bond acceptors (Lipinski definition) is 7. The highest BCUT2D eigenvalue weighted by molar-refractivity contribution is 7.98. The second kappa shape index (κ2) is 12.3. The number of hydrogen-bond donors (Lipinski definition) is 0. The summed E-state index contributed by atoms with van der Waals surface area (Å²) in [6, 6.07) is 12.4. The molecule has 0 radical (unpaired) electrons. The third-order valence-electron chi connectivity index (χ3n) is 5.52. The number of carbonyl (C=O) groups is 1. The Balaban J connectivity index is 1.92. The van der Waals surface area contributed by atoms with Gasteiger partial charge in [-0.2, -0.15) is 4.31 Å². The normalized spacial score (nSPS) is 12.1. The van der Waals surface area contributed by atoms with Crippen molar-refractivity contribution in [3.63, 3.8) is 0 Å². The Morgan fingerprint density at radius 1 is 0.971 bits per heavy atom. The maximum Gasteiger partial charge on any atom is 0.260 e. The van der Waals surface area contributed by atoms with Gasteiger partial charge in [0.1, 0.15) is 0 Å². The molecule has 3 aromatic rings. The molecule has 2 aromatic carbocycles. The average molecular weight is 535 g/mol. The lowest BCUT2D eigenvalue weighted by molar-refractivity contribution is 0.0985. The first-order chi connectivity index (χ1) is 16.7. The number of aromatic nitrogens is 1. The van der Waals surface area contributed by atoms with Crippen LogP contribution in [0.3, 0.4) is 0 Å². The van der Waals surface area contributed by atoms with Gasteiger partial charge in [-0.05, 0) is 75.7 Å². The average Bonchev–Trinajstić information content (AvgIpc) is 3.26. The van der Waals surface area contributed by atoms with Crippen molar-refractivity contribution in [2.75, 3.05) is 51.4 Å². The van der Waals surface area contributed by atoms with Crippen molar-refractivity contribution < 1.29 is 13.2 Å². The number of thiazole rings is 1. The fraction of sp³-hybridized carbons (Fsp3) is 0.440. The molecular weight excluding hydrogens is 501 g/mol. The summed E-state index contributed by atoms with van der Waals surface area (Å²) in [6.07, 6.45) is 3.53. The molecule has 1 amide bonds. The molecule has 0 aliphatic carbocycles. The summed E-state index contributed by atoms with van der Waals surface area (Å²) in [5.41, 5.74) is 1.29. The number of likely N-dealkylation sites (N-methyl/N-ethyl adjacent to an activating group) is 1. The Morgan fingerprint density at radius 2 is 1.63 bits per heavy atom. The van der Waals surface area contributed by atoms with E-state index >= 15 is 0 Å². The van der Waals surface area contributed by atoms with Crippen LogP contribution in [0.2, 0.25) is 0 Å². The molecular formula is C25H34N4O3S3. The summed E-state index contributed by atoms with van der Waals surface area (Å²) in [5.74, 6) is -0.195. The molecule has 0 aliphatic heterocycles. The highest BCUT2D eigenvalue weighted by atomic mass is 32.2. The zero-order valence-electron chi connectivity index (χ0n) is 21.0. The Kier molecular flexibility index (Phi) is 9.71. The van der Waals surface area contributed by atoms with Gasteiger partial charge in [0.05, 0.1) is 15.1 Å². The summed E-state index contributed by atoms with van der Waals surface area (Å²) < 4.78 is 28.7. The van der Waals surface area contributed by atoms with E-state index in [1.807, 2.05) is 51.2 Å². The standard InChI is InChI=1S/C25H34N4O3S3/c1-6-14-28(15-7-2)35(31,32)21-11-8-19(9-12-21)24(30)29(17-16-27(3)4)25-26-22-13-10-20(33-5)18-23(22)34-25/h8-13,18H,6-7,14-17H2,1-5H3. The van der Waals surface area contributed by atoms with E-state index in [0.717, 1.165) is 28.0 Å². The first kappa shape index (κ1) is 27.6. The molecule has 0 spiro atoms. The highest BCUT2D eigenvalue weighted by Crippen LogP contribution is 2.32. The number of benzene rings is 2. The third-order valence-corrected chi connectivity index (χ3v) is 9.20. The van der Waals surface area contributed by atoms with E-state index in [9.17, 15) is 13.2 Å². The van der Waals surface area contributed by atoms with Crippen molar-refractivity contribution in [2.24, 2.45) is 0 Å². The van der Waals surface area contributed by atoms with E-state index in [0.29, 0.717) is 36.9 Å². The monoisotopic (exact) mass is 534 g/mol. The maximum atomic E-state index is 13.6. The number of fused-ring (bicyclic) bond motifs is 1. The van der Waals surface area contributed by atoms with Crippen molar-refractivity contribution in [3.8, 4) is 0 Å². The zero-order valence-corrected chi connectivity index (χ0v) is 23.5. The number of anilines is 1. The van der Waals surface area contributed by atoms with Gasteiger partial charge in [0.15, 0.2) is 5.13 Å². The van der Waals surface area contributed by atoms with Gasteiger partial charge in [0, 0.05) is 36.6 Å². The quantitative estimate of drug-likeness (QED) is 0.303. The predicted molar refractivity (Wildman–Crippen MR) is 147 cm³/mol. The van der Waals surface area contributed by atoms with Crippen molar-refractivity contribution in [1.29, 1.82) is 0 Å². The molecule has 7 nitrogen and oxygen atoms in total. The summed E-state index contributed by atoms with van der Waals surface area (Å²) in [7, 11) is 0.328. The molecule has 1 heterocycles. The van der Waals surface area contributed by atoms with Crippen LogP contribution in [0.15, 0.2) is 52.3 Å². The topological polar surface area (TPSA) is 73.8 Å². The van der Waals surface area contributed by atoms with Gasteiger partial charge in [0.2, 0.25) is 10.0 Å². The number of carbonyl (C=O) groups excluding carboxylic acids is 1. The third kappa shape index (κ3) is 6.62. The lowest BCUT2D eigenvalue weighted by Gasteiger charge is -2.23. The minimum Gasteiger partial charge on any atom is -0.308 e. The van der Waals surface area contributed by atoms with E-state index in [-0.39, 0.29) is 10.8 Å². The molecule has 0 fully saturated rings. The number of sulfonamides is 1. The molecule has 35 heavy (non-hydrogen) atoms. The summed E-state index contributed by atoms with van der Waals surface area (Å²) >= 11 is 3.16. The van der Waals surface area contributed by atoms with Gasteiger partial charge in [-0.15, -0.1) is 11.8 Å². The smallest absolute Gasteiger partial charge is 0.260 e. The van der Waals surface area contributed by atoms with E-state index in [2.05, 4.69) is 6.07 Å². The second-order valence-corrected chi connectivity index (χ2v) is 12.3. The zero-order chi connectivity index (χ0) is 25.6. The van der Waals surface area contributed by atoms with Crippen LogP contribution < -0.4 is 4.90 Å². The van der Waals surface area contributed by atoms with Crippen LogP contribution in [0, 0.1) is 0 Å². The highest BCUT2D eigenvalue weighted by Gasteiger charge is 2.25. The molecule has 0 saturated carbocycles. The maximum absolute atomic E-state index is 13.6. The van der Waals surface area contributed by atoms with Crippen LogP contribution >= 0.6 is 23.1 Å². The van der Waals surface area contributed by atoms with Crippen LogP contribution in [0.5, 0.6) is 0 Å². The van der Waals surface area contributed by atoms with E-state index in [1.54, 1.807) is 28.8 Å². The molecule has 190 valence electrons. The molecule has 10 heteroatoms. The molecule has 0 saturated heterocycles. The first-order valence-corrected chi connectivity index (χ1v) is 15.2. The Bertz CT molecular complexity index is 1230.